The first-order valence-electron chi connectivity index (χ1n) is 11.3. The molecule has 1 N–H and O–H groups in total. The lowest BCUT2D eigenvalue weighted by atomic mass is 9.81. The summed E-state index contributed by atoms with van der Waals surface area (Å²) in [7, 11) is 1.60. The van der Waals surface area contributed by atoms with Gasteiger partial charge in [0.2, 0.25) is 0 Å². The average molecular weight is 457 g/mol. The predicted octanol–water partition coefficient (Wildman–Crippen LogP) is 5.90. The second-order valence-corrected chi connectivity index (χ2v) is 8.83. The molecule has 2 unspecified atom stereocenters. The number of allylic oxidation sites excluding steroid dienone is 1. The second-order valence-electron chi connectivity index (χ2n) is 8.83. The number of nitrogens with zero attached hydrogens (tertiary/aromatic N) is 1. The number of benzene rings is 3. The number of carbonyl (C=O) groups is 2. The van der Waals surface area contributed by atoms with Crippen LogP contribution in [0, 0.1) is 11.7 Å². The normalized spacial score (nSPS) is 19.6. The van der Waals surface area contributed by atoms with E-state index in [4.69, 9.17) is 4.74 Å². The number of anilines is 2. The maximum Gasteiger partial charge on any atom is 0.259 e. The van der Waals surface area contributed by atoms with Crippen LogP contribution in [0.3, 0.4) is 0 Å². The Bertz CT molecular complexity index is 1280. The van der Waals surface area contributed by atoms with Crippen LogP contribution >= 0.6 is 0 Å². The van der Waals surface area contributed by atoms with Crippen molar-refractivity contribution in [3.63, 3.8) is 0 Å². The molecule has 0 saturated heterocycles. The van der Waals surface area contributed by atoms with Gasteiger partial charge in [0, 0.05) is 23.3 Å². The first kappa shape index (κ1) is 21.9. The molecule has 6 heteroatoms. The largest absolute Gasteiger partial charge is 0.497 e. The number of fused-ring (bicyclic) bond motifs is 1. The number of carbonyl (C=O) groups excluding carboxylic acids is 2. The van der Waals surface area contributed by atoms with E-state index in [1.165, 1.54) is 24.3 Å². The Balaban J connectivity index is 1.76. The minimum atomic E-state index is -0.644. The van der Waals surface area contributed by atoms with Crippen LogP contribution in [0.2, 0.25) is 0 Å². The molecule has 1 aliphatic carbocycles. The highest BCUT2D eigenvalue weighted by Crippen LogP contribution is 2.46. The number of hydrogen-bond acceptors (Lipinski definition) is 4. The number of methoxy groups -OCH3 is 1. The number of halogens is 1. The molecule has 0 spiro atoms. The summed E-state index contributed by atoms with van der Waals surface area (Å²) in [4.78, 5) is 29.1. The van der Waals surface area contributed by atoms with Gasteiger partial charge in [-0.05, 0) is 66.4 Å². The van der Waals surface area contributed by atoms with Crippen LogP contribution in [0.4, 0.5) is 15.8 Å². The number of para-hydroxylation sites is 2. The quantitative estimate of drug-likeness (QED) is 0.533. The molecule has 0 fully saturated rings. The zero-order chi connectivity index (χ0) is 23.8. The molecule has 172 valence electrons. The van der Waals surface area contributed by atoms with Crippen LogP contribution in [0.1, 0.15) is 41.7 Å². The molecule has 0 bridgehead atoms. The van der Waals surface area contributed by atoms with Crippen molar-refractivity contribution in [2.45, 2.75) is 25.8 Å². The van der Waals surface area contributed by atoms with Crippen LogP contribution in [-0.4, -0.2) is 18.8 Å². The van der Waals surface area contributed by atoms with Crippen LogP contribution < -0.4 is 15.0 Å². The zero-order valence-electron chi connectivity index (χ0n) is 19.0. The molecule has 3 aromatic rings. The molecule has 34 heavy (non-hydrogen) atoms. The number of amides is 1. The van der Waals surface area contributed by atoms with E-state index in [-0.39, 0.29) is 17.6 Å². The highest BCUT2D eigenvalue weighted by molar-refractivity contribution is 6.11. The number of nitrogens with one attached hydrogen (secondary N) is 1. The molecule has 1 aliphatic heterocycles. The molecular weight excluding hydrogens is 431 g/mol. The van der Waals surface area contributed by atoms with Crippen molar-refractivity contribution in [1.29, 1.82) is 0 Å². The Kier molecular flexibility index (Phi) is 5.65. The van der Waals surface area contributed by atoms with Crippen LogP contribution in [0.25, 0.3) is 0 Å². The van der Waals surface area contributed by atoms with Gasteiger partial charge in [0.05, 0.1) is 24.5 Å². The van der Waals surface area contributed by atoms with Gasteiger partial charge in [-0.15, -0.1) is 0 Å². The van der Waals surface area contributed by atoms with Gasteiger partial charge < -0.3 is 10.1 Å². The summed E-state index contributed by atoms with van der Waals surface area (Å²) >= 11 is 0. The van der Waals surface area contributed by atoms with Crippen LogP contribution in [-0.2, 0) is 4.79 Å². The highest BCUT2D eigenvalue weighted by Gasteiger charge is 2.40. The van der Waals surface area contributed by atoms with Crippen LogP contribution in [0.5, 0.6) is 5.75 Å². The second kappa shape index (κ2) is 8.78. The SMILES string of the molecule is COc1ccc(C2C3=C(CC(C)CC3=O)Nc3ccccc3N2C(=O)c2ccc(F)cc2)cc1. The molecule has 1 amide bonds. The van der Waals surface area contributed by atoms with Gasteiger partial charge >= 0.3 is 0 Å². The van der Waals surface area contributed by atoms with Crippen molar-refractivity contribution < 1.29 is 18.7 Å². The number of ether oxygens (including phenoxy) is 1. The third-order valence-electron chi connectivity index (χ3n) is 6.43. The lowest BCUT2D eigenvalue weighted by Gasteiger charge is -2.34. The summed E-state index contributed by atoms with van der Waals surface area (Å²) in [6.07, 6.45) is 1.13. The minimum absolute atomic E-state index is 0.0202. The van der Waals surface area contributed by atoms with E-state index >= 15 is 0 Å². The van der Waals surface area contributed by atoms with Crippen LogP contribution in [0.15, 0.2) is 84.1 Å². The van der Waals surface area contributed by atoms with Crippen molar-refractivity contribution >= 4 is 23.1 Å². The van der Waals surface area contributed by atoms with Gasteiger partial charge in [-0.2, -0.15) is 0 Å². The lowest BCUT2D eigenvalue weighted by Crippen LogP contribution is -2.38. The average Bonchev–Trinajstić information content (AvgIpc) is 2.98. The first-order valence-corrected chi connectivity index (χ1v) is 11.3. The van der Waals surface area contributed by atoms with E-state index < -0.39 is 11.9 Å². The Labute approximate surface area is 197 Å². The Morgan fingerprint density at radius 1 is 1.00 bits per heavy atom. The molecule has 2 aliphatic rings. The zero-order valence-corrected chi connectivity index (χ0v) is 19.0. The van der Waals surface area contributed by atoms with Gasteiger partial charge in [0.15, 0.2) is 5.78 Å². The molecular formula is C28H25FN2O3. The number of rotatable bonds is 3. The van der Waals surface area contributed by atoms with Crippen molar-refractivity contribution in [2.24, 2.45) is 5.92 Å². The number of ketones is 1. The topological polar surface area (TPSA) is 58.6 Å². The molecule has 5 nitrogen and oxygen atoms in total. The van der Waals surface area contributed by atoms with E-state index in [9.17, 15) is 14.0 Å². The van der Waals surface area contributed by atoms with E-state index in [0.29, 0.717) is 35.4 Å². The molecule has 0 saturated carbocycles. The van der Waals surface area contributed by atoms with Gasteiger partial charge in [-0.3, -0.25) is 14.5 Å². The fraction of sp³-hybridized carbons (Fsp3) is 0.214. The fourth-order valence-corrected chi connectivity index (χ4v) is 4.84. The van der Waals surface area contributed by atoms with Gasteiger partial charge in [-0.1, -0.05) is 31.2 Å². The van der Waals surface area contributed by atoms with Gasteiger partial charge in [0.25, 0.3) is 5.91 Å². The van der Waals surface area contributed by atoms with E-state index in [1.807, 2.05) is 48.5 Å². The van der Waals surface area contributed by atoms with Gasteiger partial charge in [0.1, 0.15) is 11.6 Å². The van der Waals surface area contributed by atoms with E-state index in [0.717, 1.165) is 16.9 Å². The summed E-state index contributed by atoms with van der Waals surface area (Å²) in [6, 6.07) is 19.8. The maximum absolute atomic E-state index is 14.0. The Hall–Kier alpha value is -3.93. The van der Waals surface area contributed by atoms with E-state index in [1.54, 1.807) is 12.0 Å². The van der Waals surface area contributed by atoms with Crippen molar-refractivity contribution in [1.82, 2.24) is 0 Å². The summed E-state index contributed by atoms with van der Waals surface area (Å²) in [6.45, 7) is 2.06. The smallest absolute Gasteiger partial charge is 0.259 e. The lowest BCUT2D eigenvalue weighted by molar-refractivity contribution is -0.117. The first-order chi connectivity index (χ1) is 16.5. The number of Topliss-reactive ketones (excluding diaryl/α,β-unsaturated/α-hetero) is 1. The van der Waals surface area contributed by atoms with Crippen molar-refractivity contribution in [3.05, 3.63) is 101 Å². The molecule has 5 rings (SSSR count). The van der Waals surface area contributed by atoms with Crippen molar-refractivity contribution in [2.75, 3.05) is 17.3 Å². The minimum Gasteiger partial charge on any atom is -0.497 e. The monoisotopic (exact) mass is 456 g/mol. The Morgan fingerprint density at radius 3 is 2.41 bits per heavy atom. The molecule has 2 atom stereocenters. The molecule has 0 radical (unpaired) electrons. The molecule has 0 aromatic heterocycles. The third kappa shape index (κ3) is 3.85. The number of hydrogen-bond donors (Lipinski definition) is 1. The predicted molar refractivity (Wildman–Crippen MR) is 129 cm³/mol. The molecule has 1 heterocycles. The van der Waals surface area contributed by atoms with Gasteiger partial charge in [-0.25, -0.2) is 4.39 Å². The maximum atomic E-state index is 14.0. The highest BCUT2D eigenvalue weighted by atomic mass is 19.1. The summed E-state index contributed by atoms with van der Waals surface area (Å²) in [5.74, 6) is 0.177. The summed E-state index contributed by atoms with van der Waals surface area (Å²) in [5, 5.41) is 3.47. The summed E-state index contributed by atoms with van der Waals surface area (Å²) in [5.41, 5.74) is 3.98. The summed E-state index contributed by atoms with van der Waals surface area (Å²) < 4.78 is 18.9. The fourth-order valence-electron chi connectivity index (χ4n) is 4.84. The van der Waals surface area contributed by atoms with E-state index in [2.05, 4.69) is 12.2 Å². The standard InChI is InChI=1S/C28H25FN2O3/c1-17-15-23-26(25(32)16-17)27(18-9-13-21(34-2)14-10-18)31(24-6-4-3-5-22(24)30-23)28(33)19-7-11-20(29)12-8-19/h3-14,17,27,30H,15-16H2,1-2H3. The third-order valence-corrected chi connectivity index (χ3v) is 6.43. The Morgan fingerprint density at radius 2 is 1.71 bits per heavy atom. The molecule has 3 aromatic carbocycles. The van der Waals surface area contributed by atoms with Crippen molar-refractivity contribution in [3.8, 4) is 5.75 Å².